The maximum atomic E-state index is 11.9. The molecule has 0 saturated heterocycles. The Morgan fingerprint density at radius 1 is 1.58 bits per heavy atom. The Morgan fingerprint density at radius 2 is 2.17 bits per heavy atom. The van der Waals surface area contributed by atoms with E-state index in [0.717, 1.165) is 6.07 Å². The SMILES string of the molecule is CC(N)c1cc(C(F)(F)F)n[nH]1. The number of H-pyrrole nitrogens is 1. The van der Waals surface area contributed by atoms with Gasteiger partial charge >= 0.3 is 6.18 Å². The maximum Gasteiger partial charge on any atom is 0.435 e. The fourth-order valence-electron chi connectivity index (χ4n) is 0.715. The van der Waals surface area contributed by atoms with Crippen molar-refractivity contribution >= 4 is 0 Å². The summed E-state index contributed by atoms with van der Waals surface area (Å²) in [4.78, 5) is 0. The minimum atomic E-state index is -4.40. The molecule has 0 aliphatic carbocycles. The molecule has 1 aromatic rings. The van der Waals surface area contributed by atoms with E-state index in [-0.39, 0.29) is 5.69 Å². The molecule has 0 aliphatic rings. The molecule has 0 fully saturated rings. The van der Waals surface area contributed by atoms with Gasteiger partial charge in [-0.3, -0.25) is 5.10 Å². The predicted molar refractivity (Wildman–Crippen MR) is 36.2 cm³/mol. The van der Waals surface area contributed by atoms with Gasteiger partial charge in [0.25, 0.3) is 0 Å². The Morgan fingerprint density at radius 3 is 2.42 bits per heavy atom. The molecule has 1 rings (SSSR count). The number of rotatable bonds is 1. The molecule has 1 heterocycles. The van der Waals surface area contributed by atoms with Gasteiger partial charge in [0.15, 0.2) is 5.69 Å². The first-order valence-electron chi connectivity index (χ1n) is 3.29. The molecule has 0 aliphatic heterocycles. The van der Waals surface area contributed by atoms with Crippen LogP contribution in [0.25, 0.3) is 0 Å². The minimum Gasteiger partial charge on any atom is -0.323 e. The first kappa shape index (κ1) is 9.05. The first-order valence-corrected chi connectivity index (χ1v) is 3.29. The highest BCUT2D eigenvalue weighted by Crippen LogP contribution is 2.28. The molecule has 0 bridgehead atoms. The topological polar surface area (TPSA) is 54.7 Å². The van der Waals surface area contributed by atoms with Gasteiger partial charge in [0.05, 0.1) is 5.69 Å². The van der Waals surface area contributed by atoms with E-state index < -0.39 is 17.9 Å². The Hall–Kier alpha value is -1.04. The number of aromatic nitrogens is 2. The Balaban J connectivity index is 2.92. The van der Waals surface area contributed by atoms with Crippen molar-refractivity contribution in [2.24, 2.45) is 5.73 Å². The zero-order chi connectivity index (χ0) is 9.35. The molecule has 0 saturated carbocycles. The van der Waals surface area contributed by atoms with Crippen LogP contribution >= 0.6 is 0 Å². The lowest BCUT2D eigenvalue weighted by molar-refractivity contribution is -0.141. The van der Waals surface area contributed by atoms with E-state index in [4.69, 9.17) is 5.73 Å². The van der Waals surface area contributed by atoms with Gasteiger partial charge in [-0.15, -0.1) is 0 Å². The molecule has 1 atom stereocenters. The number of nitrogens with zero attached hydrogens (tertiary/aromatic N) is 1. The molecule has 0 radical (unpaired) electrons. The summed E-state index contributed by atoms with van der Waals surface area (Å²) < 4.78 is 35.8. The highest BCUT2D eigenvalue weighted by Gasteiger charge is 2.33. The Labute approximate surface area is 66.8 Å². The summed E-state index contributed by atoms with van der Waals surface area (Å²) in [6.45, 7) is 1.58. The number of alkyl halides is 3. The van der Waals surface area contributed by atoms with Crippen LogP contribution in [-0.4, -0.2) is 10.2 Å². The van der Waals surface area contributed by atoms with Gasteiger partial charge in [-0.1, -0.05) is 0 Å². The van der Waals surface area contributed by atoms with Gasteiger partial charge in [0.1, 0.15) is 0 Å². The summed E-state index contributed by atoms with van der Waals surface area (Å²) in [6.07, 6.45) is -4.40. The van der Waals surface area contributed by atoms with Gasteiger partial charge in [-0.2, -0.15) is 18.3 Å². The minimum absolute atomic E-state index is 0.280. The Kier molecular flexibility index (Phi) is 2.10. The van der Waals surface area contributed by atoms with Gasteiger partial charge in [0.2, 0.25) is 0 Å². The second kappa shape index (κ2) is 2.78. The summed E-state index contributed by atoms with van der Waals surface area (Å²) in [5.41, 5.74) is 4.68. The summed E-state index contributed by atoms with van der Waals surface area (Å²) in [5, 5.41) is 5.30. The van der Waals surface area contributed by atoms with Crippen molar-refractivity contribution in [1.82, 2.24) is 10.2 Å². The van der Waals surface area contributed by atoms with Gasteiger partial charge in [0, 0.05) is 6.04 Å². The molecular weight excluding hydrogens is 171 g/mol. The van der Waals surface area contributed by atoms with E-state index in [0.29, 0.717) is 0 Å². The van der Waals surface area contributed by atoms with E-state index >= 15 is 0 Å². The fraction of sp³-hybridized carbons (Fsp3) is 0.500. The van der Waals surface area contributed by atoms with E-state index in [1.807, 2.05) is 0 Å². The molecule has 6 heteroatoms. The third-order valence-corrected chi connectivity index (χ3v) is 1.38. The molecule has 12 heavy (non-hydrogen) atoms. The van der Waals surface area contributed by atoms with E-state index in [1.165, 1.54) is 0 Å². The van der Waals surface area contributed by atoms with Crippen LogP contribution in [0, 0.1) is 0 Å². The van der Waals surface area contributed by atoms with Crippen LogP contribution in [0.3, 0.4) is 0 Å². The van der Waals surface area contributed by atoms with Crippen molar-refractivity contribution in [1.29, 1.82) is 0 Å². The number of nitrogens with one attached hydrogen (secondary N) is 1. The molecule has 3 nitrogen and oxygen atoms in total. The lowest BCUT2D eigenvalue weighted by Crippen LogP contribution is -2.06. The summed E-state index contributed by atoms with van der Waals surface area (Å²) >= 11 is 0. The second-order valence-electron chi connectivity index (χ2n) is 2.49. The third-order valence-electron chi connectivity index (χ3n) is 1.38. The number of aromatic amines is 1. The molecule has 3 N–H and O–H groups in total. The predicted octanol–water partition coefficient (Wildman–Crippen LogP) is 1.45. The summed E-state index contributed by atoms with van der Waals surface area (Å²) in [5.74, 6) is 0. The van der Waals surface area contributed by atoms with Crippen molar-refractivity contribution in [3.63, 3.8) is 0 Å². The monoisotopic (exact) mass is 179 g/mol. The number of nitrogens with two attached hydrogens (primary N) is 1. The van der Waals surface area contributed by atoms with Crippen LogP contribution in [0.1, 0.15) is 24.4 Å². The van der Waals surface area contributed by atoms with Crippen LogP contribution in [-0.2, 0) is 6.18 Å². The zero-order valence-electron chi connectivity index (χ0n) is 6.31. The number of halogens is 3. The first-order chi connectivity index (χ1) is 5.41. The van der Waals surface area contributed by atoms with Crippen molar-refractivity contribution < 1.29 is 13.2 Å². The Bertz CT molecular complexity index is 263. The van der Waals surface area contributed by atoms with Crippen molar-refractivity contribution in [3.05, 3.63) is 17.5 Å². The fourth-order valence-corrected chi connectivity index (χ4v) is 0.715. The summed E-state index contributed by atoms with van der Waals surface area (Å²) in [7, 11) is 0. The van der Waals surface area contributed by atoms with Gasteiger partial charge in [-0.05, 0) is 13.0 Å². The van der Waals surface area contributed by atoms with Crippen LogP contribution in [0.15, 0.2) is 6.07 Å². The molecule has 1 unspecified atom stereocenters. The molecule has 68 valence electrons. The van der Waals surface area contributed by atoms with Crippen LogP contribution in [0.5, 0.6) is 0 Å². The van der Waals surface area contributed by atoms with Crippen LogP contribution in [0.2, 0.25) is 0 Å². The van der Waals surface area contributed by atoms with Crippen molar-refractivity contribution in [2.45, 2.75) is 19.1 Å². The molecule has 0 spiro atoms. The highest BCUT2D eigenvalue weighted by molar-refractivity contribution is 5.13. The van der Waals surface area contributed by atoms with Crippen molar-refractivity contribution in [3.8, 4) is 0 Å². The largest absolute Gasteiger partial charge is 0.435 e. The third kappa shape index (κ3) is 1.76. The van der Waals surface area contributed by atoms with Gasteiger partial charge < -0.3 is 5.73 Å². The maximum absolute atomic E-state index is 11.9. The number of hydrogen-bond donors (Lipinski definition) is 2. The normalized spacial score (nSPS) is 14.8. The van der Waals surface area contributed by atoms with E-state index in [9.17, 15) is 13.2 Å². The average Bonchev–Trinajstić information content (AvgIpc) is 2.30. The lowest BCUT2D eigenvalue weighted by Gasteiger charge is -1.99. The van der Waals surface area contributed by atoms with Crippen LogP contribution in [0.4, 0.5) is 13.2 Å². The standard InChI is InChI=1S/C6H8F3N3/c1-3(10)4-2-5(12-11-4)6(7,8)9/h2-3H,10H2,1H3,(H,11,12). The van der Waals surface area contributed by atoms with E-state index in [2.05, 4.69) is 10.2 Å². The summed E-state index contributed by atoms with van der Waals surface area (Å²) in [6, 6.07) is 0.443. The zero-order valence-corrected chi connectivity index (χ0v) is 6.31. The van der Waals surface area contributed by atoms with Crippen molar-refractivity contribution in [2.75, 3.05) is 0 Å². The molecular formula is C6H8F3N3. The molecule has 0 amide bonds. The van der Waals surface area contributed by atoms with E-state index in [1.54, 1.807) is 6.92 Å². The second-order valence-corrected chi connectivity index (χ2v) is 2.49. The molecule has 0 aromatic carbocycles. The quantitative estimate of drug-likeness (QED) is 0.685. The van der Waals surface area contributed by atoms with Gasteiger partial charge in [-0.25, -0.2) is 0 Å². The highest BCUT2D eigenvalue weighted by atomic mass is 19.4. The van der Waals surface area contributed by atoms with Crippen LogP contribution < -0.4 is 5.73 Å². The smallest absolute Gasteiger partial charge is 0.323 e. The lowest BCUT2D eigenvalue weighted by atomic mass is 10.2. The number of hydrogen-bond acceptors (Lipinski definition) is 2. The molecule has 1 aromatic heterocycles. The average molecular weight is 179 g/mol.